The molecular weight excluding hydrogens is 368 g/mol. The van der Waals surface area contributed by atoms with E-state index in [0.29, 0.717) is 17.0 Å². The van der Waals surface area contributed by atoms with Crippen molar-refractivity contribution < 1.29 is 14.0 Å². The molecule has 1 heterocycles. The zero-order valence-corrected chi connectivity index (χ0v) is 17.1. The van der Waals surface area contributed by atoms with Crippen LogP contribution < -0.4 is 11.1 Å². The highest BCUT2D eigenvalue weighted by atomic mass is 16.4. The number of para-hydroxylation sites is 1. The zero-order valence-electron chi connectivity index (χ0n) is 17.1. The molecule has 1 aromatic heterocycles. The van der Waals surface area contributed by atoms with Gasteiger partial charge in [0, 0.05) is 19.0 Å². The number of benzene rings is 1. The summed E-state index contributed by atoms with van der Waals surface area (Å²) < 4.78 is 7.07. The van der Waals surface area contributed by atoms with Crippen LogP contribution in [-0.4, -0.2) is 23.8 Å². The molecule has 6 nitrogen and oxygen atoms in total. The van der Waals surface area contributed by atoms with Crippen LogP contribution in [0.2, 0.25) is 0 Å². The van der Waals surface area contributed by atoms with Crippen LogP contribution in [0, 0.1) is 11.8 Å². The van der Waals surface area contributed by atoms with Crippen LogP contribution in [0.3, 0.4) is 0 Å². The van der Waals surface area contributed by atoms with Gasteiger partial charge in [0.2, 0.25) is 5.91 Å². The molecule has 2 aliphatic carbocycles. The third kappa shape index (κ3) is 3.89. The van der Waals surface area contributed by atoms with Crippen molar-refractivity contribution in [3.8, 4) is 0 Å². The Morgan fingerprint density at radius 1 is 1.21 bits per heavy atom. The molecular formula is C23H30N2O4. The summed E-state index contributed by atoms with van der Waals surface area (Å²) in [5, 5.41) is 2.55. The van der Waals surface area contributed by atoms with E-state index in [-0.39, 0.29) is 18.7 Å². The Labute approximate surface area is 170 Å². The maximum absolute atomic E-state index is 12.6. The van der Waals surface area contributed by atoms with Crippen molar-refractivity contribution in [1.82, 2.24) is 9.88 Å². The average Bonchev–Trinajstić information content (AvgIpc) is 3.04. The van der Waals surface area contributed by atoms with Crippen LogP contribution in [0.4, 0.5) is 0 Å². The van der Waals surface area contributed by atoms with Crippen molar-refractivity contribution >= 4 is 23.3 Å². The number of hydrogen-bond acceptors (Lipinski definition) is 4. The van der Waals surface area contributed by atoms with Crippen LogP contribution in [0.25, 0.3) is 11.1 Å². The van der Waals surface area contributed by atoms with E-state index in [0.717, 1.165) is 36.5 Å². The van der Waals surface area contributed by atoms with E-state index in [1.807, 2.05) is 12.1 Å². The number of carbonyl (C=O) groups excluding carboxylic acids is 2. The maximum Gasteiger partial charge on any atom is 0.420 e. The molecule has 0 radical (unpaired) electrons. The zero-order chi connectivity index (χ0) is 20.4. The summed E-state index contributed by atoms with van der Waals surface area (Å²) in [6, 6.07) is 5.14. The Hall–Kier alpha value is -2.37. The topological polar surface area (TPSA) is 81.3 Å². The monoisotopic (exact) mass is 398 g/mol. The molecule has 4 rings (SSSR count). The lowest BCUT2D eigenvalue weighted by Crippen LogP contribution is -2.26. The van der Waals surface area contributed by atoms with Gasteiger partial charge in [-0.2, -0.15) is 0 Å². The Morgan fingerprint density at radius 3 is 2.55 bits per heavy atom. The van der Waals surface area contributed by atoms with Crippen LogP contribution in [-0.2, 0) is 9.59 Å². The number of nitrogens with zero attached hydrogens (tertiary/aromatic N) is 1. The standard InChI is InChI=1S/C23H30N2O4/c1-24-21(27)13-12-18(14-26)25-20-7-3-6-19(22(20)29-23(25)28)17-10-8-16(9-11-17)15-4-2-5-15/h3,6-7,14-18H,2,4-5,8-13H2,1H3,(H,24,27). The lowest BCUT2D eigenvalue weighted by molar-refractivity contribution is -0.121. The second kappa shape index (κ2) is 8.56. The molecule has 1 aromatic carbocycles. The fraction of sp³-hybridized carbons (Fsp3) is 0.609. The van der Waals surface area contributed by atoms with Gasteiger partial charge in [0.15, 0.2) is 5.58 Å². The van der Waals surface area contributed by atoms with E-state index >= 15 is 0 Å². The molecule has 156 valence electrons. The first-order valence-corrected chi connectivity index (χ1v) is 10.9. The highest BCUT2D eigenvalue weighted by molar-refractivity contribution is 5.79. The summed E-state index contributed by atoms with van der Waals surface area (Å²) in [4.78, 5) is 35.9. The number of carbonyl (C=O) groups is 2. The van der Waals surface area contributed by atoms with Gasteiger partial charge in [-0.05, 0) is 55.9 Å². The van der Waals surface area contributed by atoms with Gasteiger partial charge < -0.3 is 14.5 Å². The molecule has 0 aliphatic heterocycles. The number of aldehydes is 1. The molecule has 2 fully saturated rings. The van der Waals surface area contributed by atoms with Crippen molar-refractivity contribution in [3.63, 3.8) is 0 Å². The first-order chi connectivity index (χ1) is 14.1. The van der Waals surface area contributed by atoms with E-state index in [1.165, 1.54) is 36.7 Å². The molecule has 1 unspecified atom stereocenters. The van der Waals surface area contributed by atoms with E-state index < -0.39 is 11.8 Å². The van der Waals surface area contributed by atoms with E-state index in [4.69, 9.17) is 4.42 Å². The van der Waals surface area contributed by atoms with Gasteiger partial charge in [0.25, 0.3) is 0 Å². The summed E-state index contributed by atoms with van der Waals surface area (Å²) >= 11 is 0. The fourth-order valence-corrected chi connectivity index (χ4v) is 5.19. The number of rotatable bonds is 7. The fourth-order valence-electron chi connectivity index (χ4n) is 5.19. The molecule has 1 atom stereocenters. The van der Waals surface area contributed by atoms with Crippen molar-refractivity contribution in [2.24, 2.45) is 11.8 Å². The predicted molar refractivity (Wildman–Crippen MR) is 111 cm³/mol. The van der Waals surface area contributed by atoms with Gasteiger partial charge in [-0.3, -0.25) is 9.36 Å². The molecule has 29 heavy (non-hydrogen) atoms. The van der Waals surface area contributed by atoms with E-state index in [2.05, 4.69) is 11.4 Å². The number of nitrogens with one attached hydrogen (secondary N) is 1. The number of amides is 1. The molecule has 0 saturated heterocycles. The van der Waals surface area contributed by atoms with Crippen molar-refractivity contribution in [2.75, 3.05) is 7.05 Å². The third-order valence-corrected chi connectivity index (χ3v) is 7.13. The van der Waals surface area contributed by atoms with Gasteiger partial charge in [0.1, 0.15) is 6.29 Å². The van der Waals surface area contributed by atoms with Crippen LogP contribution in [0.15, 0.2) is 27.4 Å². The van der Waals surface area contributed by atoms with Crippen LogP contribution in [0.5, 0.6) is 0 Å². The van der Waals surface area contributed by atoms with Gasteiger partial charge >= 0.3 is 5.76 Å². The maximum atomic E-state index is 12.6. The first-order valence-electron chi connectivity index (χ1n) is 10.9. The molecule has 2 aromatic rings. The second-order valence-electron chi connectivity index (χ2n) is 8.65. The van der Waals surface area contributed by atoms with Crippen LogP contribution in [0.1, 0.15) is 75.3 Å². The van der Waals surface area contributed by atoms with E-state index in [1.54, 1.807) is 7.05 Å². The highest BCUT2D eigenvalue weighted by Crippen LogP contribution is 2.45. The van der Waals surface area contributed by atoms with Crippen molar-refractivity contribution in [1.29, 1.82) is 0 Å². The van der Waals surface area contributed by atoms with Crippen molar-refractivity contribution in [2.45, 2.75) is 69.7 Å². The van der Waals surface area contributed by atoms with Gasteiger partial charge in [-0.1, -0.05) is 31.4 Å². The molecule has 0 spiro atoms. The Morgan fingerprint density at radius 2 is 1.93 bits per heavy atom. The Kier molecular flexibility index (Phi) is 5.88. The van der Waals surface area contributed by atoms with Gasteiger partial charge in [0.05, 0.1) is 11.6 Å². The molecule has 6 heteroatoms. The number of aromatic nitrogens is 1. The Bertz CT molecular complexity index is 932. The average molecular weight is 399 g/mol. The lowest BCUT2D eigenvalue weighted by atomic mass is 9.67. The largest absolute Gasteiger partial charge is 0.420 e. The molecule has 1 amide bonds. The molecule has 0 bridgehead atoms. The molecule has 2 saturated carbocycles. The summed E-state index contributed by atoms with van der Waals surface area (Å²) in [6.07, 6.45) is 10.1. The van der Waals surface area contributed by atoms with Gasteiger partial charge in [-0.15, -0.1) is 0 Å². The minimum absolute atomic E-state index is 0.151. The molecule has 2 aliphatic rings. The lowest BCUT2D eigenvalue weighted by Gasteiger charge is -2.38. The minimum Gasteiger partial charge on any atom is -0.407 e. The second-order valence-corrected chi connectivity index (χ2v) is 8.65. The summed E-state index contributed by atoms with van der Waals surface area (Å²) in [7, 11) is 1.56. The van der Waals surface area contributed by atoms with Crippen molar-refractivity contribution in [3.05, 3.63) is 34.3 Å². The number of fused-ring (bicyclic) bond motifs is 1. The number of hydrogen-bond donors (Lipinski definition) is 1. The van der Waals surface area contributed by atoms with Gasteiger partial charge in [-0.25, -0.2) is 4.79 Å². The number of oxazole rings is 1. The van der Waals surface area contributed by atoms with Crippen LogP contribution >= 0.6 is 0 Å². The normalized spacial score (nSPS) is 23.5. The van der Waals surface area contributed by atoms with E-state index in [9.17, 15) is 14.4 Å². The summed E-state index contributed by atoms with van der Waals surface area (Å²) in [5.41, 5.74) is 2.35. The SMILES string of the molecule is CNC(=O)CCC(C=O)n1c(=O)oc2c(C3CCC(C4CCC4)CC3)cccc21. The smallest absolute Gasteiger partial charge is 0.407 e. The third-order valence-electron chi connectivity index (χ3n) is 7.13. The summed E-state index contributed by atoms with van der Waals surface area (Å²) in [5.74, 6) is 1.51. The Balaban J connectivity index is 1.58. The summed E-state index contributed by atoms with van der Waals surface area (Å²) in [6.45, 7) is 0. The highest BCUT2D eigenvalue weighted by Gasteiger charge is 2.32. The minimum atomic E-state index is -0.703. The predicted octanol–water partition coefficient (Wildman–Crippen LogP) is 3.93. The first kappa shape index (κ1) is 19.9. The quantitative estimate of drug-likeness (QED) is 0.717. The molecule has 1 N–H and O–H groups in total.